The molecule has 3 aliphatic rings. The molecule has 0 aromatic heterocycles. The van der Waals surface area contributed by atoms with Crippen molar-refractivity contribution in [3.05, 3.63) is 35.4 Å². The summed E-state index contributed by atoms with van der Waals surface area (Å²) in [6, 6.07) is 0. The number of aliphatic hydroxyl groups is 1. The molecule has 27 heavy (non-hydrogen) atoms. The lowest BCUT2D eigenvalue weighted by Crippen LogP contribution is -2.58. The van der Waals surface area contributed by atoms with Gasteiger partial charge in [-0.15, -0.1) is 0 Å². The number of Topliss-reactive ketones (excluding diaryl/α,β-unsaturated/α-hetero) is 1. The van der Waals surface area contributed by atoms with Gasteiger partial charge in [0.05, 0.1) is 5.70 Å². The highest BCUT2D eigenvalue weighted by Crippen LogP contribution is 2.48. The molecule has 7 heteroatoms. The van der Waals surface area contributed by atoms with Gasteiger partial charge < -0.3 is 20.4 Å². The highest BCUT2D eigenvalue weighted by atomic mass is 16.4. The number of carbonyl (C=O) groups is 3. The van der Waals surface area contributed by atoms with E-state index in [9.17, 15) is 19.5 Å². The summed E-state index contributed by atoms with van der Waals surface area (Å²) in [7, 11) is 0. The maximum atomic E-state index is 13.4. The molecule has 0 atom stereocenters. The lowest BCUT2D eigenvalue weighted by molar-refractivity contribution is -0.138. The fourth-order valence-electron chi connectivity index (χ4n) is 4.31. The van der Waals surface area contributed by atoms with E-state index in [4.69, 9.17) is 5.11 Å². The summed E-state index contributed by atoms with van der Waals surface area (Å²) in [5.74, 6) is -2.55. The molecule has 0 radical (unpaired) electrons. The van der Waals surface area contributed by atoms with E-state index < -0.39 is 29.7 Å². The van der Waals surface area contributed by atoms with Crippen molar-refractivity contribution in [3.63, 3.8) is 0 Å². The number of nitrogens with zero attached hydrogens (tertiary/aromatic N) is 1. The van der Waals surface area contributed by atoms with Gasteiger partial charge in [0.15, 0.2) is 11.5 Å². The Morgan fingerprint density at radius 1 is 1.30 bits per heavy atom. The number of amides is 1. The number of allylic oxidation sites excluding steroid dienone is 1. The second-order valence-electron chi connectivity index (χ2n) is 7.58. The van der Waals surface area contributed by atoms with Gasteiger partial charge in [0, 0.05) is 0 Å². The lowest BCUT2D eigenvalue weighted by Gasteiger charge is -2.49. The van der Waals surface area contributed by atoms with Crippen LogP contribution >= 0.6 is 0 Å². The molecule has 2 aliphatic carbocycles. The monoisotopic (exact) mass is 374 g/mol. The maximum absolute atomic E-state index is 13.4. The van der Waals surface area contributed by atoms with Crippen molar-refractivity contribution >= 4 is 17.7 Å². The van der Waals surface area contributed by atoms with Crippen molar-refractivity contribution in [2.24, 2.45) is 5.92 Å². The van der Waals surface area contributed by atoms with E-state index in [0.29, 0.717) is 24.5 Å². The van der Waals surface area contributed by atoms with Gasteiger partial charge in [0.2, 0.25) is 0 Å². The Bertz CT molecular complexity index is 754. The Hall–Kier alpha value is -2.57. The molecule has 1 aliphatic heterocycles. The molecule has 1 heterocycles. The van der Waals surface area contributed by atoms with Crippen LogP contribution in [0, 0.1) is 5.92 Å². The summed E-state index contributed by atoms with van der Waals surface area (Å²) >= 11 is 0. The van der Waals surface area contributed by atoms with Crippen molar-refractivity contribution in [1.82, 2.24) is 10.2 Å². The summed E-state index contributed by atoms with van der Waals surface area (Å²) in [5, 5.41) is 22.0. The van der Waals surface area contributed by atoms with Gasteiger partial charge in [0.1, 0.15) is 17.7 Å². The highest BCUT2D eigenvalue weighted by Gasteiger charge is 2.53. The maximum Gasteiger partial charge on any atom is 0.322 e. The number of hydrogen-bond donors (Lipinski definition) is 3. The van der Waals surface area contributed by atoms with Crippen molar-refractivity contribution in [2.75, 3.05) is 6.54 Å². The normalized spacial score (nSPS) is 24.0. The average Bonchev–Trinajstić information content (AvgIpc) is 3.48. The van der Waals surface area contributed by atoms with E-state index in [0.717, 1.165) is 37.7 Å². The first-order valence-electron chi connectivity index (χ1n) is 9.44. The van der Waals surface area contributed by atoms with Crippen LogP contribution in [-0.2, 0) is 14.4 Å². The zero-order valence-electron chi connectivity index (χ0n) is 15.6. The fraction of sp³-hybridized carbons (Fsp3) is 0.550. The van der Waals surface area contributed by atoms with Crippen LogP contribution in [0.4, 0.5) is 0 Å². The first-order valence-corrected chi connectivity index (χ1v) is 9.44. The largest absolute Gasteiger partial charge is 0.505 e. The van der Waals surface area contributed by atoms with Crippen LogP contribution in [-0.4, -0.2) is 44.9 Å². The van der Waals surface area contributed by atoms with E-state index in [-0.39, 0.29) is 11.3 Å². The number of aliphatic hydroxyl groups excluding tert-OH is 1. The molecule has 2 saturated carbocycles. The third kappa shape index (κ3) is 3.26. The van der Waals surface area contributed by atoms with Gasteiger partial charge in [-0.3, -0.25) is 14.4 Å². The second kappa shape index (κ2) is 7.21. The molecule has 2 fully saturated rings. The molecule has 3 rings (SSSR count). The van der Waals surface area contributed by atoms with Gasteiger partial charge in [-0.25, -0.2) is 0 Å². The summed E-state index contributed by atoms with van der Waals surface area (Å²) in [6.45, 7) is 5.18. The van der Waals surface area contributed by atoms with E-state index >= 15 is 0 Å². The third-order valence-corrected chi connectivity index (χ3v) is 5.87. The first kappa shape index (κ1) is 19.2. The van der Waals surface area contributed by atoms with E-state index in [1.165, 1.54) is 0 Å². The molecular weight excluding hydrogens is 348 g/mol. The van der Waals surface area contributed by atoms with Crippen molar-refractivity contribution < 1.29 is 24.6 Å². The molecule has 0 aromatic carbocycles. The van der Waals surface area contributed by atoms with Gasteiger partial charge >= 0.3 is 5.97 Å². The van der Waals surface area contributed by atoms with Crippen LogP contribution in [0.5, 0.6) is 0 Å². The standard InChI is InChI=1S/C20H26N2O5/c1-3-22-16(12(2)13-7-8-13)17(25)15(19(27)21-11-14(23)24)18(26)20(22)9-5-4-6-10-20/h3,13,25H,1,4-11H2,2H3,(H,21,27)(H,23,24)/b16-12+. The summed E-state index contributed by atoms with van der Waals surface area (Å²) in [4.78, 5) is 38.6. The SMILES string of the molecule is C=CN1/C(=C(\C)C2CC2)C(O)=C(C(=O)NCC(=O)O)C(=O)C12CCCCC2. The topological polar surface area (TPSA) is 107 Å². The van der Waals surface area contributed by atoms with Gasteiger partial charge in [-0.05, 0) is 50.3 Å². The third-order valence-electron chi connectivity index (χ3n) is 5.87. The van der Waals surface area contributed by atoms with E-state index in [1.807, 2.05) is 6.92 Å². The van der Waals surface area contributed by atoms with Crippen molar-refractivity contribution in [1.29, 1.82) is 0 Å². The Morgan fingerprint density at radius 3 is 2.44 bits per heavy atom. The molecule has 0 unspecified atom stereocenters. The summed E-state index contributed by atoms with van der Waals surface area (Å²) in [6.07, 6.45) is 7.44. The van der Waals surface area contributed by atoms with Crippen LogP contribution in [0.25, 0.3) is 0 Å². The molecule has 3 N–H and O–H groups in total. The number of rotatable bonds is 5. The van der Waals surface area contributed by atoms with Gasteiger partial charge in [0.25, 0.3) is 5.91 Å². The van der Waals surface area contributed by atoms with Crippen LogP contribution < -0.4 is 5.32 Å². The van der Waals surface area contributed by atoms with Gasteiger partial charge in [-0.1, -0.05) is 25.8 Å². The van der Waals surface area contributed by atoms with Crippen LogP contribution in [0.1, 0.15) is 51.9 Å². The molecular formula is C20H26N2O5. The molecule has 0 bridgehead atoms. The zero-order valence-corrected chi connectivity index (χ0v) is 15.6. The number of carboxylic acid groups (broad SMARTS) is 1. The molecule has 0 saturated heterocycles. The molecule has 146 valence electrons. The summed E-state index contributed by atoms with van der Waals surface area (Å²) < 4.78 is 0. The predicted octanol–water partition coefficient (Wildman–Crippen LogP) is 2.41. The zero-order chi connectivity index (χ0) is 19.8. The summed E-state index contributed by atoms with van der Waals surface area (Å²) in [5.41, 5.74) is 0.155. The number of aliphatic carboxylic acids is 1. The Labute approximate surface area is 158 Å². The Morgan fingerprint density at radius 2 is 1.93 bits per heavy atom. The molecule has 1 spiro atoms. The van der Waals surface area contributed by atoms with E-state index in [2.05, 4.69) is 11.9 Å². The molecule has 7 nitrogen and oxygen atoms in total. The minimum Gasteiger partial charge on any atom is -0.505 e. The highest BCUT2D eigenvalue weighted by molar-refractivity contribution is 6.24. The Kier molecular flexibility index (Phi) is 5.13. The number of hydrogen-bond acceptors (Lipinski definition) is 5. The van der Waals surface area contributed by atoms with Crippen LogP contribution in [0.2, 0.25) is 0 Å². The quantitative estimate of drug-likeness (QED) is 0.638. The number of carbonyl (C=O) groups excluding carboxylic acids is 2. The predicted molar refractivity (Wildman–Crippen MR) is 98.6 cm³/mol. The Balaban J connectivity index is 2.14. The minimum absolute atomic E-state index is 0.321. The minimum atomic E-state index is -1.21. The number of carboxylic acids is 1. The van der Waals surface area contributed by atoms with Crippen LogP contribution in [0.15, 0.2) is 35.4 Å². The fourth-order valence-corrected chi connectivity index (χ4v) is 4.31. The average molecular weight is 374 g/mol. The van der Waals surface area contributed by atoms with Gasteiger partial charge in [-0.2, -0.15) is 0 Å². The van der Waals surface area contributed by atoms with Crippen molar-refractivity contribution in [3.8, 4) is 0 Å². The van der Waals surface area contributed by atoms with Crippen LogP contribution in [0.3, 0.4) is 0 Å². The molecule has 0 aromatic rings. The van der Waals surface area contributed by atoms with Crippen molar-refractivity contribution in [2.45, 2.75) is 57.4 Å². The number of nitrogens with one attached hydrogen (secondary N) is 1. The lowest BCUT2D eigenvalue weighted by atomic mass is 9.71. The molecule has 1 amide bonds. The smallest absolute Gasteiger partial charge is 0.322 e. The van der Waals surface area contributed by atoms with E-state index in [1.54, 1.807) is 11.1 Å². The number of ketones is 1. The first-order chi connectivity index (χ1) is 12.8. The second-order valence-corrected chi connectivity index (χ2v) is 7.58.